The largest absolute Gasteiger partial charge is 0.481 e. The monoisotopic (exact) mass is 223 g/mol. The summed E-state index contributed by atoms with van der Waals surface area (Å²) >= 11 is 0. The number of aromatic nitrogens is 1. The third-order valence-electron chi connectivity index (χ3n) is 2.68. The number of rotatable bonds is 6. The van der Waals surface area contributed by atoms with Crippen molar-refractivity contribution in [2.75, 3.05) is 27.2 Å². The molecule has 1 rings (SSSR count). The van der Waals surface area contributed by atoms with Crippen molar-refractivity contribution < 1.29 is 4.74 Å². The van der Waals surface area contributed by atoms with E-state index in [0.717, 1.165) is 18.5 Å². The van der Waals surface area contributed by atoms with Gasteiger partial charge in [-0.2, -0.15) is 0 Å². The standard InChI is InChI=1S/C12H21N3O/c1-4-7-15(2)11(8-13)10-5-6-12(16-3)14-9-10/h5-6,9,11H,4,7-8,13H2,1-3H3. The molecule has 0 aliphatic heterocycles. The van der Waals surface area contributed by atoms with E-state index in [1.54, 1.807) is 7.11 Å². The summed E-state index contributed by atoms with van der Waals surface area (Å²) < 4.78 is 5.03. The van der Waals surface area contributed by atoms with Crippen LogP contribution in [0.15, 0.2) is 18.3 Å². The smallest absolute Gasteiger partial charge is 0.212 e. The van der Waals surface area contributed by atoms with Crippen molar-refractivity contribution in [2.45, 2.75) is 19.4 Å². The molecular formula is C12H21N3O. The molecule has 1 aromatic rings. The molecule has 1 unspecified atom stereocenters. The minimum absolute atomic E-state index is 0.235. The first-order valence-electron chi connectivity index (χ1n) is 5.63. The highest BCUT2D eigenvalue weighted by molar-refractivity contribution is 5.21. The quantitative estimate of drug-likeness (QED) is 0.792. The molecule has 4 nitrogen and oxygen atoms in total. The lowest BCUT2D eigenvalue weighted by atomic mass is 10.1. The van der Waals surface area contributed by atoms with E-state index in [0.29, 0.717) is 12.4 Å². The van der Waals surface area contributed by atoms with Crippen LogP contribution in [0.4, 0.5) is 0 Å². The number of nitrogens with two attached hydrogens (primary N) is 1. The summed E-state index contributed by atoms with van der Waals surface area (Å²) in [6.45, 7) is 3.80. The minimum Gasteiger partial charge on any atom is -0.481 e. The Morgan fingerprint density at radius 2 is 2.25 bits per heavy atom. The summed E-state index contributed by atoms with van der Waals surface area (Å²) in [5.74, 6) is 0.637. The van der Waals surface area contributed by atoms with Gasteiger partial charge < -0.3 is 10.5 Å². The SMILES string of the molecule is CCCN(C)C(CN)c1ccc(OC)nc1. The van der Waals surface area contributed by atoms with Crippen LogP contribution in [0.2, 0.25) is 0 Å². The van der Waals surface area contributed by atoms with Crippen LogP contribution in [0, 0.1) is 0 Å². The molecular weight excluding hydrogens is 202 g/mol. The lowest BCUT2D eigenvalue weighted by Gasteiger charge is -2.26. The van der Waals surface area contributed by atoms with Gasteiger partial charge in [-0.05, 0) is 25.6 Å². The normalized spacial score (nSPS) is 12.8. The molecule has 1 atom stereocenters. The predicted octanol–water partition coefficient (Wildman–Crippen LogP) is 1.43. The Hall–Kier alpha value is -1.13. The van der Waals surface area contributed by atoms with E-state index in [4.69, 9.17) is 10.5 Å². The first-order valence-corrected chi connectivity index (χ1v) is 5.63. The number of likely N-dealkylation sites (N-methyl/N-ethyl adjacent to an activating group) is 1. The number of pyridine rings is 1. The molecule has 4 heteroatoms. The first-order chi connectivity index (χ1) is 7.72. The van der Waals surface area contributed by atoms with Crippen LogP contribution in [0.1, 0.15) is 24.9 Å². The van der Waals surface area contributed by atoms with E-state index in [1.807, 2.05) is 18.3 Å². The molecule has 0 radical (unpaired) electrons. The van der Waals surface area contributed by atoms with Crippen LogP contribution in [-0.2, 0) is 0 Å². The third kappa shape index (κ3) is 3.18. The van der Waals surface area contributed by atoms with Gasteiger partial charge in [-0.25, -0.2) is 4.98 Å². The molecule has 0 saturated carbocycles. The van der Waals surface area contributed by atoms with Crippen LogP contribution in [-0.4, -0.2) is 37.1 Å². The Morgan fingerprint density at radius 3 is 2.69 bits per heavy atom. The van der Waals surface area contributed by atoms with E-state index in [9.17, 15) is 0 Å². The predicted molar refractivity (Wildman–Crippen MR) is 65.5 cm³/mol. The second-order valence-corrected chi connectivity index (χ2v) is 3.87. The highest BCUT2D eigenvalue weighted by Crippen LogP contribution is 2.19. The molecule has 0 saturated heterocycles. The van der Waals surface area contributed by atoms with Gasteiger partial charge in [0.2, 0.25) is 5.88 Å². The van der Waals surface area contributed by atoms with Gasteiger partial charge in [0.15, 0.2) is 0 Å². The maximum atomic E-state index is 5.81. The summed E-state index contributed by atoms with van der Waals surface area (Å²) in [5.41, 5.74) is 6.94. The molecule has 0 aromatic carbocycles. The van der Waals surface area contributed by atoms with Gasteiger partial charge in [-0.1, -0.05) is 13.0 Å². The van der Waals surface area contributed by atoms with Crippen molar-refractivity contribution >= 4 is 0 Å². The zero-order valence-electron chi connectivity index (χ0n) is 10.3. The van der Waals surface area contributed by atoms with Crippen molar-refractivity contribution in [2.24, 2.45) is 5.73 Å². The van der Waals surface area contributed by atoms with Crippen LogP contribution in [0.3, 0.4) is 0 Å². The summed E-state index contributed by atoms with van der Waals surface area (Å²) in [6.07, 6.45) is 2.96. The molecule has 0 aliphatic rings. The van der Waals surface area contributed by atoms with Gasteiger partial charge in [-0.3, -0.25) is 4.90 Å². The molecule has 0 bridgehead atoms. The maximum Gasteiger partial charge on any atom is 0.212 e. The molecule has 0 amide bonds. The van der Waals surface area contributed by atoms with Crippen LogP contribution in [0.5, 0.6) is 5.88 Å². The fourth-order valence-corrected chi connectivity index (χ4v) is 1.79. The topological polar surface area (TPSA) is 51.4 Å². The zero-order chi connectivity index (χ0) is 12.0. The van der Waals surface area contributed by atoms with Crippen molar-refractivity contribution in [1.82, 2.24) is 9.88 Å². The molecule has 0 aliphatic carbocycles. The average Bonchev–Trinajstić information content (AvgIpc) is 2.31. The second kappa shape index (κ2) is 6.45. The molecule has 0 fully saturated rings. The second-order valence-electron chi connectivity index (χ2n) is 3.87. The lowest BCUT2D eigenvalue weighted by Crippen LogP contribution is -2.31. The van der Waals surface area contributed by atoms with Gasteiger partial charge >= 0.3 is 0 Å². The van der Waals surface area contributed by atoms with Crippen LogP contribution < -0.4 is 10.5 Å². The van der Waals surface area contributed by atoms with Crippen molar-refractivity contribution in [3.63, 3.8) is 0 Å². The van der Waals surface area contributed by atoms with Gasteiger partial charge in [0.1, 0.15) is 0 Å². The summed E-state index contributed by atoms with van der Waals surface area (Å²) in [5, 5.41) is 0. The van der Waals surface area contributed by atoms with E-state index in [-0.39, 0.29) is 6.04 Å². The number of hydrogen-bond donors (Lipinski definition) is 1. The van der Waals surface area contributed by atoms with Crippen molar-refractivity contribution in [3.05, 3.63) is 23.9 Å². The van der Waals surface area contributed by atoms with Gasteiger partial charge in [0.25, 0.3) is 0 Å². The molecule has 2 N–H and O–H groups in total. The van der Waals surface area contributed by atoms with Gasteiger partial charge in [0.05, 0.1) is 7.11 Å². The number of nitrogens with zero attached hydrogens (tertiary/aromatic N) is 2. The van der Waals surface area contributed by atoms with E-state index >= 15 is 0 Å². The third-order valence-corrected chi connectivity index (χ3v) is 2.68. The van der Waals surface area contributed by atoms with E-state index < -0.39 is 0 Å². The number of hydrogen-bond acceptors (Lipinski definition) is 4. The average molecular weight is 223 g/mol. The Balaban J connectivity index is 2.78. The van der Waals surface area contributed by atoms with E-state index in [2.05, 4.69) is 23.9 Å². The Bertz CT molecular complexity index is 300. The number of methoxy groups -OCH3 is 1. The van der Waals surface area contributed by atoms with Gasteiger partial charge in [0, 0.05) is 24.8 Å². The van der Waals surface area contributed by atoms with Crippen LogP contribution >= 0.6 is 0 Å². The Morgan fingerprint density at radius 1 is 1.50 bits per heavy atom. The number of ether oxygens (including phenoxy) is 1. The summed E-state index contributed by atoms with van der Waals surface area (Å²) in [4.78, 5) is 6.46. The minimum atomic E-state index is 0.235. The van der Waals surface area contributed by atoms with Crippen LogP contribution in [0.25, 0.3) is 0 Å². The highest BCUT2D eigenvalue weighted by Gasteiger charge is 2.14. The van der Waals surface area contributed by atoms with Crippen molar-refractivity contribution in [3.8, 4) is 5.88 Å². The maximum absolute atomic E-state index is 5.81. The van der Waals surface area contributed by atoms with Gasteiger partial charge in [-0.15, -0.1) is 0 Å². The molecule has 1 heterocycles. The summed E-state index contributed by atoms with van der Waals surface area (Å²) in [6, 6.07) is 4.13. The van der Waals surface area contributed by atoms with Crippen molar-refractivity contribution in [1.29, 1.82) is 0 Å². The Labute approximate surface area is 97.4 Å². The summed E-state index contributed by atoms with van der Waals surface area (Å²) in [7, 11) is 3.71. The highest BCUT2D eigenvalue weighted by atomic mass is 16.5. The molecule has 1 aromatic heterocycles. The molecule has 16 heavy (non-hydrogen) atoms. The van der Waals surface area contributed by atoms with E-state index in [1.165, 1.54) is 0 Å². The fraction of sp³-hybridized carbons (Fsp3) is 0.583. The zero-order valence-corrected chi connectivity index (χ0v) is 10.3. The molecule has 90 valence electrons. The lowest BCUT2D eigenvalue weighted by molar-refractivity contribution is 0.250. The molecule has 0 spiro atoms. The Kier molecular flexibility index (Phi) is 5.22. The first kappa shape index (κ1) is 12.9. The fourth-order valence-electron chi connectivity index (χ4n) is 1.79.